The second-order valence-electron chi connectivity index (χ2n) is 5.85. The van der Waals surface area contributed by atoms with E-state index in [0.717, 1.165) is 31.6 Å². The molecule has 0 radical (unpaired) electrons. The first kappa shape index (κ1) is 14.8. The van der Waals surface area contributed by atoms with Gasteiger partial charge in [-0.2, -0.15) is 0 Å². The van der Waals surface area contributed by atoms with Gasteiger partial charge in [-0.25, -0.2) is 0 Å². The van der Waals surface area contributed by atoms with Crippen LogP contribution in [0.5, 0.6) is 0 Å². The molecule has 2 N–H and O–H groups in total. The highest BCUT2D eigenvalue weighted by atomic mass is 16.2. The third-order valence-electron chi connectivity index (χ3n) is 4.86. The number of nitrogen functional groups attached to an aromatic ring is 1. The fourth-order valence-corrected chi connectivity index (χ4v) is 2.99. The first-order valence-electron chi connectivity index (χ1n) is 7.57. The van der Waals surface area contributed by atoms with Crippen LogP contribution in [0.4, 0.5) is 5.69 Å². The summed E-state index contributed by atoms with van der Waals surface area (Å²) in [6.07, 6.45) is 6.67. The summed E-state index contributed by atoms with van der Waals surface area (Å²) in [5.74, 6) is 0.183. The number of anilines is 1. The molecule has 2 heterocycles. The van der Waals surface area contributed by atoms with Crippen molar-refractivity contribution in [2.24, 2.45) is 5.41 Å². The molecule has 1 aromatic heterocycles. The first-order chi connectivity index (χ1) is 9.58. The molecule has 0 aliphatic carbocycles. The second-order valence-corrected chi connectivity index (χ2v) is 5.85. The predicted octanol–water partition coefficient (Wildman–Crippen LogP) is 2.64. The number of nitrogens with two attached hydrogens (primary N) is 1. The van der Waals surface area contributed by atoms with Crippen molar-refractivity contribution < 1.29 is 4.79 Å². The number of amides is 1. The van der Waals surface area contributed by atoms with Crippen LogP contribution in [-0.4, -0.2) is 28.9 Å². The summed E-state index contributed by atoms with van der Waals surface area (Å²) >= 11 is 0. The largest absolute Gasteiger partial charge is 0.397 e. The van der Waals surface area contributed by atoms with Crippen molar-refractivity contribution in [3.63, 3.8) is 0 Å². The summed E-state index contributed by atoms with van der Waals surface area (Å²) < 4.78 is 0. The minimum Gasteiger partial charge on any atom is -0.397 e. The number of rotatable bonds is 4. The minimum atomic E-state index is 0.183. The number of nitrogens with zero attached hydrogens (tertiary/aromatic N) is 2. The molecule has 1 aliphatic rings. The van der Waals surface area contributed by atoms with Crippen LogP contribution < -0.4 is 5.73 Å². The van der Waals surface area contributed by atoms with Crippen molar-refractivity contribution in [1.29, 1.82) is 0 Å². The zero-order valence-electron chi connectivity index (χ0n) is 12.6. The third kappa shape index (κ3) is 3.30. The number of hydrogen-bond donors (Lipinski definition) is 1. The van der Waals surface area contributed by atoms with Gasteiger partial charge in [0.25, 0.3) is 0 Å². The van der Waals surface area contributed by atoms with Gasteiger partial charge >= 0.3 is 0 Å². The molecular formula is C16H25N3O. The number of hydrogen-bond acceptors (Lipinski definition) is 3. The van der Waals surface area contributed by atoms with Crippen molar-refractivity contribution in [3.8, 4) is 0 Å². The smallest absolute Gasteiger partial charge is 0.228 e. The number of carbonyl (C=O) groups excluding carboxylic acids is 1. The summed E-state index contributed by atoms with van der Waals surface area (Å²) in [6, 6.07) is 3.63. The summed E-state index contributed by atoms with van der Waals surface area (Å²) in [4.78, 5) is 18.5. The molecule has 0 saturated carbocycles. The molecule has 4 heteroatoms. The Morgan fingerprint density at radius 3 is 2.45 bits per heavy atom. The van der Waals surface area contributed by atoms with Gasteiger partial charge < -0.3 is 10.6 Å². The highest BCUT2D eigenvalue weighted by molar-refractivity contribution is 5.78. The van der Waals surface area contributed by atoms with E-state index >= 15 is 0 Å². The van der Waals surface area contributed by atoms with E-state index < -0.39 is 0 Å². The summed E-state index contributed by atoms with van der Waals surface area (Å²) in [6.45, 7) is 6.30. The van der Waals surface area contributed by atoms with Crippen LogP contribution in [0.2, 0.25) is 0 Å². The van der Waals surface area contributed by atoms with Crippen LogP contribution in [0.25, 0.3) is 0 Å². The van der Waals surface area contributed by atoms with Crippen LogP contribution in [0, 0.1) is 5.41 Å². The summed E-state index contributed by atoms with van der Waals surface area (Å²) in [5, 5.41) is 0. The monoisotopic (exact) mass is 275 g/mol. The molecule has 2 rings (SSSR count). The molecule has 4 nitrogen and oxygen atoms in total. The summed E-state index contributed by atoms with van der Waals surface area (Å²) in [7, 11) is 0. The maximum absolute atomic E-state index is 12.3. The van der Waals surface area contributed by atoms with Gasteiger partial charge in [-0.05, 0) is 30.4 Å². The molecule has 110 valence electrons. The van der Waals surface area contributed by atoms with E-state index in [1.54, 1.807) is 12.3 Å². The zero-order valence-corrected chi connectivity index (χ0v) is 12.6. The normalized spacial score (nSPS) is 18.0. The number of piperidine rings is 1. The lowest BCUT2D eigenvalue weighted by Crippen LogP contribution is -2.43. The topological polar surface area (TPSA) is 59.2 Å². The van der Waals surface area contributed by atoms with Crippen LogP contribution in [0.3, 0.4) is 0 Å². The summed E-state index contributed by atoms with van der Waals surface area (Å²) in [5.41, 5.74) is 7.49. The van der Waals surface area contributed by atoms with Gasteiger partial charge in [-0.15, -0.1) is 0 Å². The van der Waals surface area contributed by atoms with Crippen LogP contribution in [-0.2, 0) is 11.2 Å². The van der Waals surface area contributed by atoms with Gasteiger partial charge in [0.05, 0.1) is 18.3 Å². The molecule has 0 bridgehead atoms. The fourth-order valence-electron chi connectivity index (χ4n) is 2.99. The van der Waals surface area contributed by atoms with Gasteiger partial charge in [0.15, 0.2) is 0 Å². The predicted molar refractivity (Wildman–Crippen MR) is 81.2 cm³/mol. The maximum atomic E-state index is 12.3. The lowest BCUT2D eigenvalue weighted by molar-refractivity contribution is -0.133. The standard InChI is InChI=1S/C16H25N3O/c1-3-16(4-2)7-9-19(10-8-16)15(20)11-14-6-5-13(17)12-18-14/h5-6,12H,3-4,7-11,17H2,1-2H3. The van der Waals surface area contributed by atoms with E-state index in [1.807, 2.05) is 11.0 Å². The molecule has 1 fully saturated rings. The Labute approximate surface area is 121 Å². The molecule has 1 aliphatic heterocycles. The van der Waals surface area contributed by atoms with E-state index in [4.69, 9.17) is 5.73 Å². The highest BCUT2D eigenvalue weighted by Crippen LogP contribution is 2.37. The van der Waals surface area contributed by atoms with Gasteiger partial charge in [-0.3, -0.25) is 9.78 Å². The number of likely N-dealkylation sites (tertiary alicyclic amines) is 1. The zero-order chi connectivity index (χ0) is 14.6. The molecule has 0 spiro atoms. The number of pyridine rings is 1. The Morgan fingerprint density at radius 1 is 1.30 bits per heavy atom. The second kappa shape index (κ2) is 6.25. The van der Waals surface area contributed by atoms with Crippen LogP contribution >= 0.6 is 0 Å². The van der Waals surface area contributed by atoms with E-state index in [9.17, 15) is 4.79 Å². The Kier molecular flexibility index (Phi) is 4.63. The first-order valence-corrected chi connectivity index (χ1v) is 7.57. The molecule has 0 unspecified atom stereocenters. The third-order valence-corrected chi connectivity index (χ3v) is 4.86. The molecule has 1 saturated heterocycles. The highest BCUT2D eigenvalue weighted by Gasteiger charge is 2.32. The van der Waals surface area contributed by atoms with Gasteiger partial charge in [-0.1, -0.05) is 26.7 Å². The molecular weight excluding hydrogens is 250 g/mol. The maximum Gasteiger partial charge on any atom is 0.228 e. The van der Waals surface area contributed by atoms with Crippen LogP contribution in [0.1, 0.15) is 45.2 Å². The number of carbonyl (C=O) groups is 1. The van der Waals surface area contributed by atoms with Crippen molar-refractivity contribution in [1.82, 2.24) is 9.88 Å². The van der Waals surface area contributed by atoms with E-state index in [0.29, 0.717) is 17.5 Å². The van der Waals surface area contributed by atoms with Crippen molar-refractivity contribution in [2.45, 2.75) is 46.0 Å². The van der Waals surface area contributed by atoms with E-state index in [2.05, 4.69) is 18.8 Å². The average Bonchev–Trinajstić information content (AvgIpc) is 2.49. The SMILES string of the molecule is CCC1(CC)CCN(C(=O)Cc2ccc(N)cn2)CC1. The lowest BCUT2D eigenvalue weighted by Gasteiger charge is -2.41. The van der Waals surface area contributed by atoms with Crippen molar-refractivity contribution in [3.05, 3.63) is 24.0 Å². The lowest BCUT2D eigenvalue weighted by atomic mass is 9.74. The van der Waals surface area contributed by atoms with Crippen molar-refractivity contribution in [2.75, 3.05) is 18.8 Å². The Morgan fingerprint density at radius 2 is 1.95 bits per heavy atom. The van der Waals surface area contributed by atoms with E-state index in [1.165, 1.54) is 12.8 Å². The van der Waals surface area contributed by atoms with Crippen LogP contribution in [0.15, 0.2) is 18.3 Å². The van der Waals surface area contributed by atoms with Gasteiger partial charge in [0, 0.05) is 18.8 Å². The fraction of sp³-hybridized carbons (Fsp3) is 0.625. The molecule has 20 heavy (non-hydrogen) atoms. The van der Waals surface area contributed by atoms with E-state index in [-0.39, 0.29) is 5.91 Å². The Hall–Kier alpha value is -1.58. The van der Waals surface area contributed by atoms with Gasteiger partial charge in [0.2, 0.25) is 5.91 Å². The minimum absolute atomic E-state index is 0.183. The quantitative estimate of drug-likeness (QED) is 0.919. The molecule has 1 amide bonds. The Bertz CT molecular complexity index is 441. The molecule has 0 aromatic carbocycles. The Balaban J connectivity index is 1.90. The van der Waals surface area contributed by atoms with Crippen molar-refractivity contribution >= 4 is 11.6 Å². The van der Waals surface area contributed by atoms with Gasteiger partial charge in [0.1, 0.15) is 0 Å². The number of aromatic nitrogens is 1. The molecule has 1 aromatic rings. The molecule has 0 atom stereocenters. The average molecular weight is 275 g/mol.